The van der Waals surface area contributed by atoms with Crippen LogP contribution >= 0.6 is 0 Å². The number of rotatable bonds is 4. The zero-order valence-electron chi connectivity index (χ0n) is 17.4. The Hall–Kier alpha value is -3.48. The number of hydrogen-bond donors (Lipinski definition) is 1. The largest absolute Gasteiger partial charge is 0.497 e. The molecule has 0 radical (unpaired) electrons. The zero-order chi connectivity index (χ0) is 21.4. The number of benzene rings is 2. The summed E-state index contributed by atoms with van der Waals surface area (Å²) in [6.45, 7) is 2.04. The van der Waals surface area contributed by atoms with E-state index in [2.05, 4.69) is 4.98 Å². The van der Waals surface area contributed by atoms with Crippen LogP contribution in [0.4, 0.5) is 0 Å². The van der Waals surface area contributed by atoms with Crippen LogP contribution in [0, 0.1) is 0 Å². The Labute approximate surface area is 174 Å². The van der Waals surface area contributed by atoms with Crippen molar-refractivity contribution in [2.75, 3.05) is 27.9 Å². The Morgan fingerprint density at radius 3 is 2.40 bits per heavy atom. The topological polar surface area (TPSA) is 80.9 Å². The third-order valence-electron chi connectivity index (χ3n) is 5.65. The van der Waals surface area contributed by atoms with Gasteiger partial charge in [-0.15, -0.1) is 0 Å². The van der Waals surface area contributed by atoms with Crippen molar-refractivity contribution in [3.63, 3.8) is 0 Å². The van der Waals surface area contributed by atoms with Crippen molar-refractivity contribution in [3.8, 4) is 17.2 Å². The molecule has 1 N–H and O–H groups in total. The number of H-pyrrole nitrogens is 1. The van der Waals surface area contributed by atoms with E-state index >= 15 is 0 Å². The number of aromatic amines is 1. The number of amides is 1. The van der Waals surface area contributed by atoms with Crippen molar-refractivity contribution >= 4 is 16.8 Å². The number of pyridine rings is 1. The van der Waals surface area contributed by atoms with E-state index in [0.29, 0.717) is 41.3 Å². The maximum Gasteiger partial charge on any atom is 0.254 e. The fourth-order valence-electron chi connectivity index (χ4n) is 4.15. The smallest absolute Gasteiger partial charge is 0.254 e. The van der Waals surface area contributed by atoms with Crippen molar-refractivity contribution < 1.29 is 19.0 Å². The molecule has 1 aliphatic heterocycles. The van der Waals surface area contributed by atoms with Gasteiger partial charge in [0.1, 0.15) is 5.75 Å². The van der Waals surface area contributed by atoms with Gasteiger partial charge in [0.2, 0.25) is 5.91 Å². The van der Waals surface area contributed by atoms with E-state index in [1.807, 2.05) is 30.3 Å². The molecule has 0 fully saturated rings. The lowest BCUT2D eigenvalue weighted by Gasteiger charge is -2.37. The minimum absolute atomic E-state index is 0.0921. The first-order valence-electron chi connectivity index (χ1n) is 9.69. The van der Waals surface area contributed by atoms with E-state index in [-0.39, 0.29) is 11.5 Å². The zero-order valence-corrected chi connectivity index (χ0v) is 17.4. The molecule has 7 nitrogen and oxygen atoms in total. The molecule has 0 saturated heterocycles. The van der Waals surface area contributed by atoms with Gasteiger partial charge in [0, 0.05) is 29.9 Å². The van der Waals surface area contributed by atoms with Crippen molar-refractivity contribution in [2.45, 2.75) is 19.4 Å². The highest BCUT2D eigenvalue weighted by molar-refractivity contribution is 5.81. The molecular formula is C23H24N2O5. The average Bonchev–Trinajstić information content (AvgIpc) is 2.76. The van der Waals surface area contributed by atoms with Gasteiger partial charge in [0.25, 0.3) is 5.56 Å². The summed E-state index contributed by atoms with van der Waals surface area (Å²) in [5, 5.41) is 0.833. The Balaban J connectivity index is 1.96. The molecule has 3 aromatic rings. The highest BCUT2D eigenvalue weighted by Gasteiger charge is 2.33. The van der Waals surface area contributed by atoms with E-state index < -0.39 is 6.04 Å². The molecule has 0 bridgehead atoms. The SMILES string of the molecule is COc1ccc2[nH]c(=O)c([C@@H]3c4cc(OC)c(OC)cc4CCN3C(C)=O)cc2c1. The Morgan fingerprint density at radius 2 is 1.73 bits per heavy atom. The van der Waals surface area contributed by atoms with Gasteiger partial charge in [-0.05, 0) is 53.9 Å². The number of aromatic nitrogens is 1. The molecule has 1 aliphatic rings. The van der Waals surface area contributed by atoms with E-state index in [0.717, 1.165) is 16.5 Å². The Kier molecular flexibility index (Phi) is 5.11. The van der Waals surface area contributed by atoms with Crippen molar-refractivity contribution in [1.29, 1.82) is 0 Å². The molecule has 30 heavy (non-hydrogen) atoms. The normalized spacial score (nSPS) is 15.6. The first kappa shape index (κ1) is 19.8. The predicted octanol–water partition coefficient (Wildman–Crippen LogP) is 3.05. The fraction of sp³-hybridized carbons (Fsp3) is 0.304. The molecule has 4 rings (SSSR count). The predicted molar refractivity (Wildman–Crippen MR) is 114 cm³/mol. The summed E-state index contributed by atoms with van der Waals surface area (Å²) in [6, 6.07) is 10.6. The minimum Gasteiger partial charge on any atom is -0.497 e. The van der Waals surface area contributed by atoms with Crippen molar-refractivity contribution in [3.05, 3.63) is 63.4 Å². The highest BCUT2D eigenvalue weighted by Crippen LogP contribution is 2.40. The monoisotopic (exact) mass is 408 g/mol. The molecule has 0 aliphatic carbocycles. The Bertz CT molecular complexity index is 1180. The summed E-state index contributed by atoms with van der Waals surface area (Å²) in [4.78, 5) is 30.2. The number of carbonyl (C=O) groups is 1. The standard InChI is InChI=1S/C23H24N2O5/c1-13(26)25-8-7-14-11-20(29-3)21(30-4)12-17(14)22(25)18-10-15-9-16(28-2)5-6-19(15)24-23(18)27/h5-6,9-12,22H,7-8H2,1-4H3,(H,24,27)/t22-/m0/s1. The second-order valence-electron chi connectivity index (χ2n) is 7.28. The number of methoxy groups -OCH3 is 3. The summed E-state index contributed by atoms with van der Waals surface area (Å²) in [6.07, 6.45) is 0.672. The molecule has 2 aromatic carbocycles. The fourth-order valence-corrected chi connectivity index (χ4v) is 4.15. The average molecular weight is 408 g/mol. The van der Waals surface area contributed by atoms with E-state index in [9.17, 15) is 9.59 Å². The van der Waals surface area contributed by atoms with Crippen LogP contribution in [0.15, 0.2) is 41.2 Å². The summed E-state index contributed by atoms with van der Waals surface area (Å²) in [7, 11) is 4.76. The van der Waals surface area contributed by atoms with Crippen molar-refractivity contribution in [1.82, 2.24) is 9.88 Å². The van der Waals surface area contributed by atoms with Crippen LogP contribution in [0.1, 0.15) is 29.7 Å². The molecule has 0 saturated carbocycles. The molecule has 2 heterocycles. The van der Waals surface area contributed by atoms with Crippen LogP contribution in [0.5, 0.6) is 17.2 Å². The summed E-state index contributed by atoms with van der Waals surface area (Å²) >= 11 is 0. The van der Waals surface area contributed by atoms with Gasteiger partial charge in [0.15, 0.2) is 11.5 Å². The lowest BCUT2D eigenvalue weighted by atomic mass is 9.87. The molecule has 1 aromatic heterocycles. The first-order valence-corrected chi connectivity index (χ1v) is 9.69. The minimum atomic E-state index is -0.523. The second-order valence-corrected chi connectivity index (χ2v) is 7.28. The van der Waals surface area contributed by atoms with E-state index in [1.165, 1.54) is 6.92 Å². The lowest BCUT2D eigenvalue weighted by Crippen LogP contribution is -2.41. The lowest BCUT2D eigenvalue weighted by molar-refractivity contribution is -0.130. The quantitative estimate of drug-likeness (QED) is 0.718. The van der Waals surface area contributed by atoms with Gasteiger partial charge in [-0.3, -0.25) is 9.59 Å². The van der Waals surface area contributed by atoms with Crippen LogP contribution in [-0.2, 0) is 11.2 Å². The number of nitrogens with zero attached hydrogens (tertiary/aromatic N) is 1. The van der Waals surface area contributed by atoms with E-state index in [1.54, 1.807) is 32.3 Å². The summed E-state index contributed by atoms with van der Waals surface area (Å²) in [5.41, 5.74) is 2.87. The summed E-state index contributed by atoms with van der Waals surface area (Å²) < 4.78 is 16.2. The molecule has 156 valence electrons. The molecule has 7 heteroatoms. The number of hydrogen-bond acceptors (Lipinski definition) is 5. The number of nitrogens with one attached hydrogen (secondary N) is 1. The van der Waals surface area contributed by atoms with Gasteiger partial charge in [-0.1, -0.05) is 0 Å². The number of carbonyl (C=O) groups excluding carboxylic acids is 1. The van der Waals surface area contributed by atoms with Gasteiger partial charge in [0.05, 0.1) is 27.4 Å². The maximum absolute atomic E-state index is 13.1. The number of fused-ring (bicyclic) bond motifs is 2. The second kappa shape index (κ2) is 7.74. The van der Waals surface area contributed by atoms with Gasteiger partial charge in [-0.2, -0.15) is 0 Å². The third-order valence-corrected chi connectivity index (χ3v) is 5.65. The molecule has 0 spiro atoms. The van der Waals surface area contributed by atoms with Gasteiger partial charge >= 0.3 is 0 Å². The third kappa shape index (κ3) is 3.26. The number of ether oxygens (including phenoxy) is 3. The highest BCUT2D eigenvalue weighted by atomic mass is 16.5. The van der Waals surface area contributed by atoms with E-state index in [4.69, 9.17) is 14.2 Å². The summed E-state index contributed by atoms with van der Waals surface area (Å²) in [5.74, 6) is 1.79. The Morgan fingerprint density at radius 1 is 1.00 bits per heavy atom. The maximum atomic E-state index is 13.1. The van der Waals surface area contributed by atoms with Gasteiger partial charge < -0.3 is 24.1 Å². The van der Waals surface area contributed by atoms with Crippen molar-refractivity contribution in [2.24, 2.45) is 0 Å². The molecule has 1 amide bonds. The van der Waals surface area contributed by atoms with Crippen LogP contribution < -0.4 is 19.8 Å². The molecule has 1 atom stereocenters. The van der Waals surface area contributed by atoms with Crippen LogP contribution in [0.25, 0.3) is 10.9 Å². The van der Waals surface area contributed by atoms with Crippen LogP contribution in [0.2, 0.25) is 0 Å². The van der Waals surface area contributed by atoms with Crippen LogP contribution in [-0.4, -0.2) is 43.7 Å². The van der Waals surface area contributed by atoms with Gasteiger partial charge in [-0.25, -0.2) is 0 Å². The van der Waals surface area contributed by atoms with Crippen LogP contribution in [0.3, 0.4) is 0 Å². The molecule has 0 unspecified atom stereocenters. The first-order chi connectivity index (χ1) is 14.5. The molecular weight excluding hydrogens is 384 g/mol.